The number of piperidine rings is 1. The minimum atomic E-state index is -0.521. The summed E-state index contributed by atoms with van der Waals surface area (Å²) >= 11 is 0. The lowest BCUT2D eigenvalue weighted by Crippen LogP contribution is -2.43. The topological polar surface area (TPSA) is 71.0 Å². The second-order valence-corrected chi connectivity index (χ2v) is 7.99. The average Bonchev–Trinajstić information content (AvgIpc) is 2.83. The quantitative estimate of drug-likeness (QED) is 0.524. The molecule has 1 aliphatic heterocycles. The minimum Gasteiger partial charge on any atom is -0.491 e. The molecule has 2 aromatic carbocycles. The normalized spacial score (nSPS) is 14.7. The van der Waals surface area contributed by atoms with Gasteiger partial charge in [-0.2, -0.15) is 0 Å². The number of nitrogens with one attached hydrogen (secondary N) is 1. The summed E-state index contributed by atoms with van der Waals surface area (Å²) in [5.41, 5.74) is 1.12. The van der Waals surface area contributed by atoms with Gasteiger partial charge in [-0.3, -0.25) is 0 Å². The molecule has 168 valence electrons. The van der Waals surface area contributed by atoms with Crippen LogP contribution >= 0.6 is 0 Å². The van der Waals surface area contributed by atoms with Gasteiger partial charge in [-0.05, 0) is 68.4 Å². The molecule has 2 amide bonds. The Morgan fingerprint density at radius 2 is 1.61 bits per heavy atom. The number of aliphatic hydroxyl groups is 1. The second-order valence-electron chi connectivity index (χ2n) is 7.99. The maximum Gasteiger partial charge on any atom is 0.317 e. The summed E-state index contributed by atoms with van der Waals surface area (Å²) in [5, 5.41) is 13.1. The number of urea groups is 1. The summed E-state index contributed by atoms with van der Waals surface area (Å²) in [6.07, 6.45) is 5.24. The number of unbranched alkanes of at least 4 members (excludes halogenated alkanes) is 1. The van der Waals surface area contributed by atoms with Gasteiger partial charge in [0.15, 0.2) is 0 Å². The first-order valence-corrected chi connectivity index (χ1v) is 11.3. The zero-order valence-corrected chi connectivity index (χ0v) is 18.2. The van der Waals surface area contributed by atoms with E-state index in [0.29, 0.717) is 25.3 Å². The average molecular weight is 427 g/mol. The van der Waals surface area contributed by atoms with Crippen LogP contribution in [0.3, 0.4) is 0 Å². The minimum absolute atomic E-state index is 0.0415. The van der Waals surface area contributed by atoms with Crippen LogP contribution < -0.4 is 14.8 Å². The third-order valence-electron chi connectivity index (χ3n) is 5.40. The van der Waals surface area contributed by atoms with Crippen LogP contribution in [0.5, 0.6) is 11.5 Å². The first-order valence-electron chi connectivity index (χ1n) is 11.3. The number of rotatable bonds is 11. The van der Waals surface area contributed by atoms with Gasteiger partial charge in [0.1, 0.15) is 24.7 Å². The molecule has 2 aromatic rings. The molecule has 6 nitrogen and oxygen atoms in total. The molecular formula is C25H34N2O4. The number of nitrogens with zero attached hydrogens (tertiary/aromatic N) is 1. The number of carbonyl (C=O) groups is 1. The number of benzene rings is 2. The predicted molar refractivity (Wildman–Crippen MR) is 121 cm³/mol. The van der Waals surface area contributed by atoms with E-state index in [2.05, 4.69) is 5.32 Å². The molecule has 2 N–H and O–H groups in total. The van der Waals surface area contributed by atoms with Gasteiger partial charge in [-0.1, -0.05) is 30.3 Å². The third kappa shape index (κ3) is 8.50. The van der Waals surface area contributed by atoms with E-state index in [0.717, 1.165) is 50.1 Å². The second kappa shape index (κ2) is 12.8. The van der Waals surface area contributed by atoms with E-state index in [1.54, 1.807) is 0 Å². The van der Waals surface area contributed by atoms with E-state index in [9.17, 15) is 9.90 Å². The van der Waals surface area contributed by atoms with Crippen molar-refractivity contribution in [3.8, 4) is 11.5 Å². The molecule has 0 spiro atoms. The highest BCUT2D eigenvalue weighted by molar-refractivity contribution is 5.74. The van der Waals surface area contributed by atoms with Gasteiger partial charge in [-0.25, -0.2) is 4.79 Å². The maximum atomic E-state index is 12.0. The van der Waals surface area contributed by atoms with Crippen molar-refractivity contribution in [2.24, 2.45) is 0 Å². The van der Waals surface area contributed by atoms with Crippen LogP contribution in [0.4, 0.5) is 4.79 Å². The monoisotopic (exact) mass is 426 g/mol. The molecule has 0 saturated carbocycles. The van der Waals surface area contributed by atoms with Gasteiger partial charge in [-0.15, -0.1) is 0 Å². The highest BCUT2D eigenvalue weighted by Crippen LogP contribution is 2.19. The summed E-state index contributed by atoms with van der Waals surface area (Å²) < 4.78 is 11.4. The third-order valence-corrected chi connectivity index (χ3v) is 5.40. The summed E-state index contributed by atoms with van der Waals surface area (Å²) in [7, 11) is 0. The highest BCUT2D eigenvalue weighted by Gasteiger charge is 2.15. The molecule has 1 aliphatic rings. The fourth-order valence-electron chi connectivity index (χ4n) is 3.56. The summed E-state index contributed by atoms with van der Waals surface area (Å²) in [6.45, 7) is 3.15. The summed E-state index contributed by atoms with van der Waals surface area (Å²) in [5.74, 6) is 1.49. The molecule has 1 heterocycles. The van der Waals surface area contributed by atoms with Crippen molar-refractivity contribution in [2.75, 3.05) is 26.2 Å². The Bertz CT molecular complexity index is 761. The van der Waals surface area contributed by atoms with Crippen LogP contribution in [-0.2, 0) is 6.61 Å². The van der Waals surface area contributed by atoms with Gasteiger partial charge < -0.3 is 24.8 Å². The van der Waals surface area contributed by atoms with E-state index in [-0.39, 0.29) is 12.6 Å². The van der Waals surface area contributed by atoms with E-state index in [1.807, 2.05) is 59.5 Å². The van der Waals surface area contributed by atoms with Crippen molar-refractivity contribution in [3.63, 3.8) is 0 Å². The molecular weight excluding hydrogens is 392 g/mol. The van der Waals surface area contributed by atoms with Crippen molar-refractivity contribution in [1.82, 2.24) is 10.2 Å². The Morgan fingerprint density at radius 1 is 0.935 bits per heavy atom. The van der Waals surface area contributed by atoms with Crippen LogP contribution in [-0.4, -0.2) is 48.4 Å². The predicted octanol–water partition coefficient (Wildman–Crippen LogP) is 4.37. The zero-order valence-electron chi connectivity index (χ0n) is 18.2. The molecule has 6 heteroatoms. The van der Waals surface area contributed by atoms with Gasteiger partial charge >= 0.3 is 6.03 Å². The standard InChI is InChI=1S/C25H34N2O4/c28-22(11-5-6-16-26-25(29)27-17-7-2-8-18-27)20-31-24-14-12-23(13-15-24)30-19-21-9-3-1-4-10-21/h1,3-4,9-10,12-15,22,28H,2,5-8,11,16-20H2,(H,26,29)/t22-/m0/s1. The van der Waals surface area contributed by atoms with E-state index in [1.165, 1.54) is 6.42 Å². The molecule has 1 atom stereocenters. The summed E-state index contributed by atoms with van der Waals surface area (Å²) in [6, 6.07) is 17.5. The van der Waals surface area contributed by atoms with Crippen LogP contribution in [0, 0.1) is 0 Å². The smallest absolute Gasteiger partial charge is 0.317 e. The maximum absolute atomic E-state index is 12.0. The Hall–Kier alpha value is -2.73. The van der Waals surface area contributed by atoms with Gasteiger partial charge in [0, 0.05) is 19.6 Å². The lowest BCUT2D eigenvalue weighted by atomic mass is 10.1. The van der Waals surface area contributed by atoms with Gasteiger partial charge in [0.2, 0.25) is 0 Å². The molecule has 3 rings (SSSR count). The lowest BCUT2D eigenvalue weighted by molar-refractivity contribution is 0.0976. The van der Waals surface area contributed by atoms with Crippen molar-refractivity contribution < 1.29 is 19.4 Å². The Balaban J connectivity index is 1.24. The SMILES string of the molecule is O=C(NCCCC[C@H](O)COc1ccc(OCc2ccccc2)cc1)N1CCCCC1. The van der Waals surface area contributed by atoms with Crippen LogP contribution in [0.2, 0.25) is 0 Å². The van der Waals surface area contributed by atoms with Crippen molar-refractivity contribution in [3.05, 3.63) is 60.2 Å². The molecule has 31 heavy (non-hydrogen) atoms. The zero-order chi connectivity index (χ0) is 21.7. The Kier molecular flexibility index (Phi) is 9.51. The molecule has 0 radical (unpaired) electrons. The van der Waals surface area contributed by atoms with Crippen molar-refractivity contribution in [1.29, 1.82) is 0 Å². The fourth-order valence-corrected chi connectivity index (χ4v) is 3.56. The molecule has 0 bridgehead atoms. The molecule has 1 fully saturated rings. The number of aliphatic hydroxyl groups excluding tert-OH is 1. The first-order chi connectivity index (χ1) is 15.2. The number of ether oxygens (including phenoxy) is 2. The van der Waals surface area contributed by atoms with E-state index in [4.69, 9.17) is 9.47 Å². The van der Waals surface area contributed by atoms with Crippen LogP contribution in [0.15, 0.2) is 54.6 Å². The van der Waals surface area contributed by atoms with Gasteiger partial charge in [0.05, 0.1) is 6.10 Å². The van der Waals surface area contributed by atoms with Crippen molar-refractivity contribution >= 4 is 6.03 Å². The van der Waals surface area contributed by atoms with Crippen LogP contribution in [0.25, 0.3) is 0 Å². The van der Waals surface area contributed by atoms with Gasteiger partial charge in [0.25, 0.3) is 0 Å². The van der Waals surface area contributed by atoms with E-state index < -0.39 is 6.10 Å². The fraction of sp³-hybridized carbons (Fsp3) is 0.480. The number of hydrogen-bond acceptors (Lipinski definition) is 4. The number of amides is 2. The van der Waals surface area contributed by atoms with Crippen molar-refractivity contribution in [2.45, 2.75) is 51.2 Å². The largest absolute Gasteiger partial charge is 0.491 e. The number of likely N-dealkylation sites (tertiary alicyclic amines) is 1. The molecule has 0 aromatic heterocycles. The van der Waals surface area contributed by atoms with E-state index >= 15 is 0 Å². The first kappa shape index (κ1) is 22.9. The van der Waals surface area contributed by atoms with Crippen LogP contribution in [0.1, 0.15) is 44.1 Å². The lowest BCUT2D eigenvalue weighted by Gasteiger charge is -2.26. The molecule has 0 aliphatic carbocycles. The Morgan fingerprint density at radius 3 is 2.32 bits per heavy atom. The summed E-state index contributed by atoms with van der Waals surface area (Å²) in [4.78, 5) is 13.9. The molecule has 1 saturated heterocycles. The Labute approximate surface area is 185 Å². The number of carbonyl (C=O) groups excluding carboxylic acids is 1. The highest BCUT2D eigenvalue weighted by atomic mass is 16.5. The molecule has 0 unspecified atom stereocenters. The number of hydrogen-bond donors (Lipinski definition) is 2.